The van der Waals surface area contributed by atoms with Gasteiger partial charge >= 0.3 is 0 Å². The molecule has 0 aliphatic carbocycles. The first-order valence-corrected chi connectivity index (χ1v) is 8.25. The standard InChI is InChI=1S/C12H19NO4S/c1-2-3-9-11(15)13-10(14)8-12(9)4-6-18(16,17)7-5-12/h9H,2-8H2,1H3,(H,13,14,15). The zero-order valence-electron chi connectivity index (χ0n) is 10.6. The van der Waals surface area contributed by atoms with Crippen LogP contribution in [0.3, 0.4) is 0 Å². The summed E-state index contributed by atoms with van der Waals surface area (Å²) in [7, 11) is -2.97. The molecule has 2 aliphatic heterocycles. The van der Waals surface area contributed by atoms with E-state index in [2.05, 4.69) is 5.32 Å². The molecule has 0 bridgehead atoms. The van der Waals surface area contributed by atoms with E-state index in [1.165, 1.54) is 0 Å². The highest BCUT2D eigenvalue weighted by atomic mass is 32.2. The predicted molar refractivity (Wildman–Crippen MR) is 66.5 cm³/mol. The molecule has 6 heteroatoms. The fourth-order valence-corrected chi connectivity index (χ4v) is 4.82. The minimum absolute atomic E-state index is 0.105. The smallest absolute Gasteiger partial charge is 0.230 e. The van der Waals surface area contributed by atoms with Crippen LogP contribution in [0.25, 0.3) is 0 Å². The van der Waals surface area contributed by atoms with Crippen LogP contribution in [-0.2, 0) is 19.4 Å². The van der Waals surface area contributed by atoms with Crippen LogP contribution in [0.1, 0.15) is 39.0 Å². The molecule has 2 amide bonds. The first-order valence-electron chi connectivity index (χ1n) is 6.43. The van der Waals surface area contributed by atoms with Crippen molar-refractivity contribution in [3.63, 3.8) is 0 Å². The van der Waals surface area contributed by atoms with Crippen molar-refractivity contribution >= 4 is 21.7 Å². The number of nitrogens with one attached hydrogen (secondary N) is 1. The highest BCUT2D eigenvalue weighted by Gasteiger charge is 2.50. The average molecular weight is 273 g/mol. The molecule has 5 nitrogen and oxygen atoms in total. The third-order valence-corrected chi connectivity index (χ3v) is 5.88. The molecule has 0 aromatic carbocycles. The highest BCUT2D eigenvalue weighted by molar-refractivity contribution is 7.91. The Labute approximate surface area is 107 Å². The summed E-state index contributed by atoms with van der Waals surface area (Å²) in [5, 5.41) is 2.38. The normalized spacial score (nSPS) is 30.2. The van der Waals surface area contributed by atoms with E-state index < -0.39 is 15.3 Å². The van der Waals surface area contributed by atoms with Crippen LogP contribution in [0.5, 0.6) is 0 Å². The van der Waals surface area contributed by atoms with Crippen molar-refractivity contribution in [1.29, 1.82) is 0 Å². The van der Waals surface area contributed by atoms with E-state index in [0.29, 0.717) is 19.3 Å². The Kier molecular flexibility index (Phi) is 3.49. The lowest BCUT2D eigenvalue weighted by Crippen LogP contribution is -2.54. The number of sulfone groups is 1. The molecular weight excluding hydrogens is 254 g/mol. The first kappa shape index (κ1) is 13.5. The van der Waals surface area contributed by atoms with Crippen molar-refractivity contribution in [2.24, 2.45) is 11.3 Å². The van der Waals surface area contributed by atoms with Gasteiger partial charge in [0.15, 0.2) is 0 Å². The Morgan fingerprint density at radius 3 is 2.44 bits per heavy atom. The van der Waals surface area contributed by atoms with E-state index in [9.17, 15) is 18.0 Å². The Morgan fingerprint density at radius 1 is 1.28 bits per heavy atom. The molecule has 2 fully saturated rings. The van der Waals surface area contributed by atoms with Gasteiger partial charge in [-0.1, -0.05) is 13.3 Å². The van der Waals surface area contributed by atoms with Crippen LogP contribution in [0.4, 0.5) is 0 Å². The van der Waals surface area contributed by atoms with Crippen molar-refractivity contribution in [3.8, 4) is 0 Å². The summed E-state index contributed by atoms with van der Waals surface area (Å²) < 4.78 is 23.0. The number of carbonyl (C=O) groups excluding carboxylic acids is 2. The zero-order valence-corrected chi connectivity index (χ0v) is 11.4. The summed E-state index contributed by atoms with van der Waals surface area (Å²) in [6, 6.07) is 0. The predicted octanol–water partition coefficient (Wildman–Crippen LogP) is 0.644. The maximum absolute atomic E-state index is 11.9. The van der Waals surface area contributed by atoms with Crippen LogP contribution in [0.15, 0.2) is 0 Å². The second-order valence-corrected chi connectivity index (χ2v) is 7.75. The third kappa shape index (κ3) is 2.43. The summed E-state index contributed by atoms with van der Waals surface area (Å²) in [5.74, 6) is -0.476. The number of imide groups is 1. The van der Waals surface area contributed by atoms with Crippen molar-refractivity contribution in [2.45, 2.75) is 39.0 Å². The second-order valence-electron chi connectivity index (χ2n) is 5.44. The van der Waals surface area contributed by atoms with Gasteiger partial charge in [0.25, 0.3) is 0 Å². The molecule has 1 N–H and O–H groups in total. The lowest BCUT2D eigenvalue weighted by molar-refractivity contribution is -0.144. The lowest BCUT2D eigenvalue weighted by atomic mass is 9.65. The van der Waals surface area contributed by atoms with Gasteiger partial charge in [0, 0.05) is 12.3 Å². The largest absolute Gasteiger partial charge is 0.296 e. The molecule has 2 heterocycles. The molecule has 102 valence electrons. The molecule has 0 aromatic rings. The van der Waals surface area contributed by atoms with Crippen LogP contribution in [0, 0.1) is 11.3 Å². The summed E-state index contributed by atoms with van der Waals surface area (Å²) in [4.78, 5) is 23.5. The Morgan fingerprint density at radius 2 is 1.89 bits per heavy atom. The number of carbonyl (C=O) groups is 2. The van der Waals surface area contributed by atoms with Gasteiger partial charge in [0.1, 0.15) is 9.84 Å². The minimum Gasteiger partial charge on any atom is -0.296 e. The lowest BCUT2D eigenvalue weighted by Gasteiger charge is -2.44. The van der Waals surface area contributed by atoms with Crippen LogP contribution in [0.2, 0.25) is 0 Å². The summed E-state index contributed by atoms with van der Waals surface area (Å²) >= 11 is 0. The molecule has 2 aliphatic rings. The highest BCUT2D eigenvalue weighted by Crippen LogP contribution is 2.46. The van der Waals surface area contributed by atoms with Crippen molar-refractivity contribution in [3.05, 3.63) is 0 Å². The fraction of sp³-hybridized carbons (Fsp3) is 0.833. The van der Waals surface area contributed by atoms with Gasteiger partial charge < -0.3 is 0 Å². The van der Waals surface area contributed by atoms with E-state index in [4.69, 9.17) is 0 Å². The number of hydrogen-bond donors (Lipinski definition) is 1. The Bertz CT molecular complexity index is 454. The SMILES string of the molecule is CCCC1C(=O)NC(=O)CC12CCS(=O)(=O)CC2. The van der Waals surface area contributed by atoms with E-state index in [0.717, 1.165) is 12.8 Å². The summed E-state index contributed by atoms with van der Waals surface area (Å²) in [6.45, 7) is 2.00. The quantitative estimate of drug-likeness (QED) is 0.749. The maximum atomic E-state index is 11.9. The maximum Gasteiger partial charge on any atom is 0.230 e. The minimum atomic E-state index is -2.97. The molecule has 0 radical (unpaired) electrons. The molecule has 1 spiro atoms. The molecular formula is C12H19NO4S. The second kappa shape index (κ2) is 4.64. The molecule has 2 saturated heterocycles. The van der Waals surface area contributed by atoms with Crippen molar-refractivity contribution in [1.82, 2.24) is 5.32 Å². The van der Waals surface area contributed by atoms with E-state index in [-0.39, 0.29) is 29.2 Å². The zero-order chi connectivity index (χ0) is 13.4. The number of piperidine rings is 1. The number of hydrogen-bond acceptors (Lipinski definition) is 4. The monoisotopic (exact) mass is 273 g/mol. The Balaban J connectivity index is 2.26. The molecule has 1 unspecified atom stereocenters. The average Bonchev–Trinajstić information content (AvgIpc) is 2.28. The van der Waals surface area contributed by atoms with Crippen molar-refractivity contribution < 1.29 is 18.0 Å². The summed E-state index contributed by atoms with van der Waals surface area (Å²) in [5.41, 5.74) is -0.416. The van der Waals surface area contributed by atoms with Crippen molar-refractivity contribution in [2.75, 3.05) is 11.5 Å². The first-order chi connectivity index (χ1) is 8.38. The fourth-order valence-electron chi connectivity index (χ4n) is 3.19. The van der Waals surface area contributed by atoms with Gasteiger partial charge in [-0.3, -0.25) is 14.9 Å². The topological polar surface area (TPSA) is 80.3 Å². The van der Waals surface area contributed by atoms with Gasteiger partial charge in [-0.25, -0.2) is 8.42 Å². The number of amides is 2. The Hall–Kier alpha value is -0.910. The van der Waals surface area contributed by atoms with Gasteiger partial charge in [-0.15, -0.1) is 0 Å². The number of rotatable bonds is 2. The van der Waals surface area contributed by atoms with Gasteiger partial charge in [0.2, 0.25) is 11.8 Å². The van der Waals surface area contributed by atoms with Gasteiger partial charge in [-0.2, -0.15) is 0 Å². The molecule has 0 aromatic heterocycles. The third-order valence-electron chi connectivity index (χ3n) is 4.23. The summed E-state index contributed by atoms with van der Waals surface area (Å²) in [6.07, 6.45) is 2.76. The van der Waals surface area contributed by atoms with Gasteiger partial charge in [0.05, 0.1) is 11.5 Å². The van der Waals surface area contributed by atoms with E-state index in [1.54, 1.807) is 0 Å². The van der Waals surface area contributed by atoms with Gasteiger partial charge in [-0.05, 0) is 24.7 Å². The van der Waals surface area contributed by atoms with Crippen LogP contribution in [-0.4, -0.2) is 31.7 Å². The van der Waals surface area contributed by atoms with E-state index in [1.807, 2.05) is 6.92 Å². The molecule has 2 rings (SSSR count). The molecule has 18 heavy (non-hydrogen) atoms. The molecule has 1 atom stereocenters. The van der Waals surface area contributed by atoms with Crippen LogP contribution < -0.4 is 5.32 Å². The van der Waals surface area contributed by atoms with E-state index >= 15 is 0 Å². The molecule has 0 saturated carbocycles. The van der Waals surface area contributed by atoms with Crippen LogP contribution >= 0.6 is 0 Å².